The van der Waals surface area contributed by atoms with Crippen LogP contribution in [0.3, 0.4) is 0 Å². The van der Waals surface area contributed by atoms with Gasteiger partial charge in [-0.25, -0.2) is 4.98 Å². The van der Waals surface area contributed by atoms with Crippen LogP contribution in [0, 0.1) is 0 Å². The van der Waals surface area contributed by atoms with Crippen molar-refractivity contribution >= 4 is 11.7 Å². The average Bonchev–Trinajstić information content (AvgIpc) is 2.78. The molecule has 2 heterocycles. The molecule has 0 atom stereocenters. The van der Waals surface area contributed by atoms with Crippen molar-refractivity contribution in [1.29, 1.82) is 0 Å². The van der Waals surface area contributed by atoms with Crippen LogP contribution in [0.4, 0.5) is 5.82 Å². The van der Waals surface area contributed by atoms with Gasteiger partial charge in [-0.15, -0.1) is 0 Å². The molecule has 0 aliphatic carbocycles. The van der Waals surface area contributed by atoms with E-state index in [4.69, 9.17) is 5.73 Å². The van der Waals surface area contributed by atoms with Crippen molar-refractivity contribution < 1.29 is 4.79 Å². The lowest BCUT2D eigenvalue weighted by Crippen LogP contribution is -2.49. The van der Waals surface area contributed by atoms with Crippen LogP contribution in [0.5, 0.6) is 0 Å². The quantitative estimate of drug-likeness (QED) is 0.731. The largest absolute Gasteiger partial charge is 0.384 e. The number of hydrogen-bond donors (Lipinski definition) is 1. The molecule has 3 aromatic rings. The number of amides is 1. The predicted octanol–water partition coefficient (Wildman–Crippen LogP) is 3.33. The second-order valence-corrected chi connectivity index (χ2v) is 7.39. The first-order chi connectivity index (χ1) is 14.2. The van der Waals surface area contributed by atoms with Crippen molar-refractivity contribution in [2.75, 3.05) is 38.5 Å². The van der Waals surface area contributed by atoms with Crippen molar-refractivity contribution in [2.45, 2.75) is 6.42 Å². The van der Waals surface area contributed by atoms with Crippen molar-refractivity contribution in [2.24, 2.45) is 0 Å². The zero-order chi connectivity index (χ0) is 20.1. The molecule has 0 saturated carbocycles. The van der Waals surface area contributed by atoms with Crippen LogP contribution < -0.4 is 5.73 Å². The van der Waals surface area contributed by atoms with Gasteiger partial charge in [0.25, 0.3) is 5.91 Å². The zero-order valence-electron chi connectivity index (χ0n) is 16.5. The number of nitrogens with two attached hydrogens (primary N) is 1. The Bertz CT molecular complexity index is 948. The minimum absolute atomic E-state index is 0.135. The number of anilines is 1. The van der Waals surface area contributed by atoms with Crippen molar-refractivity contribution in [1.82, 2.24) is 14.8 Å². The normalized spacial score (nSPS) is 14.7. The molecular formula is C24H26N4O. The maximum Gasteiger partial charge on any atom is 0.253 e. The van der Waals surface area contributed by atoms with Crippen LogP contribution in [-0.4, -0.2) is 53.4 Å². The van der Waals surface area contributed by atoms with Crippen molar-refractivity contribution in [3.63, 3.8) is 0 Å². The number of carbonyl (C=O) groups is 1. The third-order valence-electron chi connectivity index (χ3n) is 5.42. The lowest BCUT2D eigenvalue weighted by Gasteiger charge is -2.34. The highest BCUT2D eigenvalue weighted by atomic mass is 16.2. The summed E-state index contributed by atoms with van der Waals surface area (Å²) in [7, 11) is 0. The molecule has 2 N–H and O–H groups in total. The fourth-order valence-electron chi connectivity index (χ4n) is 3.68. The minimum Gasteiger partial charge on any atom is -0.384 e. The Morgan fingerprint density at radius 3 is 2.28 bits per heavy atom. The second kappa shape index (κ2) is 8.88. The number of benzene rings is 2. The van der Waals surface area contributed by atoms with Crippen molar-refractivity contribution in [3.8, 4) is 11.3 Å². The number of nitrogens with zero attached hydrogens (tertiary/aromatic N) is 3. The molecule has 148 valence electrons. The smallest absolute Gasteiger partial charge is 0.253 e. The molecule has 0 unspecified atom stereocenters. The Labute approximate surface area is 171 Å². The maximum atomic E-state index is 12.6. The second-order valence-electron chi connectivity index (χ2n) is 7.39. The summed E-state index contributed by atoms with van der Waals surface area (Å²) in [6, 6.07) is 23.8. The van der Waals surface area contributed by atoms with E-state index in [1.54, 1.807) is 6.07 Å². The van der Waals surface area contributed by atoms with E-state index in [1.165, 1.54) is 5.56 Å². The highest BCUT2D eigenvalue weighted by Crippen LogP contribution is 2.19. The van der Waals surface area contributed by atoms with E-state index in [2.05, 4.69) is 34.1 Å². The highest BCUT2D eigenvalue weighted by Gasteiger charge is 2.21. The molecular weight excluding hydrogens is 360 g/mol. The molecule has 1 fully saturated rings. The summed E-state index contributed by atoms with van der Waals surface area (Å²) in [5.74, 6) is 0.674. The Hall–Kier alpha value is -3.18. The highest BCUT2D eigenvalue weighted by molar-refractivity contribution is 5.94. The van der Waals surface area contributed by atoms with Gasteiger partial charge in [-0.05, 0) is 36.2 Å². The van der Waals surface area contributed by atoms with Crippen molar-refractivity contribution in [3.05, 3.63) is 83.9 Å². The summed E-state index contributed by atoms with van der Waals surface area (Å²) in [5.41, 5.74) is 9.83. The first kappa shape index (κ1) is 19.2. The van der Waals surface area contributed by atoms with E-state index < -0.39 is 0 Å². The summed E-state index contributed by atoms with van der Waals surface area (Å²) >= 11 is 0. The Kier molecular flexibility index (Phi) is 5.86. The summed E-state index contributed by atoms with van der Waals surface area (Å²) in [6.07, 6.45) is 0.997. The van der Waals surface area contributed by atoms with Crippen LogP contribution >= 0.6 is 0 Å². The molecule has 1 saturated heterocycles. The average molecular weight is 386 g/mol. The third-order valence-corrected chi connectivity index (χ3v) is 5.42. The fraction of sp³-hybridized carbons (Fsp3) is 0.250. The number of pyridine rings is 1. The van der Waals surface area contributed by atoms with E-state index in [-0.39, 0.29) is 5.91 Å². The summed E-state index contributed by atoms with van der Waals surface area (Å²) < 4.78 is 0. The number of hydrogen-bond acceptors (Lipinski definition) is 4. The lowest BCUT2D eigenvalue weighted by atomic mass is 10.1. The van der Waals surface area contributed by atoms with E-state index >= 15 is 0 Å². The van der Waals surface area contributed by atoms with Gasteiger partial charge in [-0.2, -0.15) is 0 Å². The van der Waals surface area contributed by atoms with Crippen LogP contribution in [0.25, 0.3) is 11.3 Å². The van der Waals surface area contributed by atoms with E-state index in [9.17, 15) is 4.79 Å². The molecule has 0 spiro atoms. The van der Waals surface area contributed by atoms with Gasteiger partial charge in [-0.3, -0.25) is 9.69 Å². The fourth-order valence-corrected chi connectivity index (χ4v) is 3.68. The number of aromatic nitrogens is 1. The third kappa shape index (κ3) is 4.81. The number of nitrogen functional groups attached to an aromatic ring is 1. The molecule has 1 amide bonds. The van der Waals surface area contributed by atoms with Gasteiger partial charge in [0, 0.05) is 43.9 Å². The molecule has 0 radical (unpaired) electrons. The molecule has 1 aliphatic rings. The van der Waals surface area contributed by atoms with Crippen LogP contribution in [0.1, 0.15) is 15.9 Å². The van der Waals surface area contributed by atoms with Gasteiger partial charge in [0.15, 0.2) is 0 Å². The number of carbonyl (C=O) groups excluding carboxylic acids is 1. The Balaban J connectivity index is 1.27. The first-order valence-electron chi connectivity index (χ1n) is 10.1. The van der Waals surface area contributed by atoms with Gasteiger partial charge in [-0.1, -0.05) is 48.5 Å². The van der Waals surface area contributed by atoms with Crippen LogP contribution in [0.2, 0.25) is 0 Å². The maximum absolute atomic E-state index is 12.6. The zero-order valence-corrected chi connectivity index (χ0v) is 16.5. The van der Waals surface area contributed by atoms with Crippen LogP contribution in [0.15, 0.2) is 72.8 Å². The molecule has 5 nitrogen and oxygen atoms in total. The van der Waals surface area contributed by atoms with Gasteiger partial charge in [0.1, 0.15) is 5.82 Å². The summed E-state index contributed by atoms with van der Waals surface area (Å²) in [5, 5.41) is 0. The molecule has 1 aliphatic heterocycles. The first-order valence-corrected chi connectivity index (χ1v) is 10.1. The Morgan fingerprint density at radius 2 is 1.59 bits per heavy atom. The molecule has 2 aromatic carbocycles. The Morgan fingerprint density at radius 1 is 0.862 bits per heavy atom. The monoisotopic (exact) mass is 386 g/mol. The SMILES string of the molecule is Nc1cccc(-c2ccc(CCN3CCN(C(=O)c4ccccc4)CC3)cc2)n1. The van der Waals surface area contributed by atoms with Gasteiger partial charge in [0.05, 0.1) is 5.69 Å². The van der Waals surface area contributed by atoms with E-state index in [0.29, 0.717) is 5.82 Å². The summed E-state index contributed by atoms with van der Waals surface area (Å²) in [6.45, 7) is 4.42. The van der Waals surface area contributed by atoms with E-state index in [0.717, 1.165) is 56.0 Å². The van der Waals surface area contributed by atoms with Gasteiger partial charge < -0.3 is 10.6 Å². The number of rotatable bonds is 5. The standard InChI is InChI=1S/C24H26N4O/c25-23-8-4-7-22(26-23)20-11-9-19(10-12-20)13-14-27-15-17-28(18-16-27)24(29)21-5-2-1-3-6-21/h1-12H,13-18H2,(H2,25,26). The molecule has 5 heteroatoms. The number of piperazine rings is 1. The lowest BCUT2D eigenvalue weighted by molar-refractivity contribution is 0.0638. The van der Waals surface area contributed by atoms with E-state index in [1.807, 2.05) is 47.4 Å². The predicted molar refractivity (Wildman–Crippen MR) is 117 cm³/mol. The minimum atomic E-state index is 0.135. The molecule has 4 rings (SSSR count). The molecule has 29 heavy (non-hydrogen) atoms. The van der Waals surface area contributed by atoms with Crippen LogP contribution in [-0.2, 0) is 6.42 Å². The topological polar surface area (TPSA) is 62.5 Å². The molecule has 0 bridgehead atoms. The summed E-state index contributed by atoms with van der Waals surface area (Å²) in [4.78, 5) is 21.3. The molecule has 1 aromatic heterocycles. The van der Waals surface area contributed by atoms with Gasteiger partial charge in [0.2, 0.25) is 0 Å². The van der Waals surface area contributed by atoms with Gasteiger partial charge >= 0.3 is 0 Å².